The number of nitriles is 1. The molecular weight excluding hydrogens is 178 g/mol. The van der Waals surface area contributed by atoms with Crippen LogP contribution in [0, 0.1) is 11.3 Å². The first-order valence-electron chi connectivity index (χ1n) is 4.60. The molecule has 14 heavy (non-hydrogen) atoms. The molecule has 1 unspecified atom stereocenters. The zero-order chi connectivity index (χ0) is 9.97. The van der Waals surface area contributed by atoms with Gasteiger partial charge in [0.1, 0.15) is 13.2 Å². The number of rotatable bonds is 1. The van der Waals surface area contributed by atoms with Gasteiger partial charge in [-0.05, 0) is 24.6 Å². The first-order chi connectivity index (χ1) is 6.81. The molecule has 1 aromatic carbocycles. The predicted molar refractivity (Wildman–Crippen MR) is 51.5 cm³/mol. The molecule has 0 bridgehead atoms. The SMILES string of the molecule is CC(C#N)c1ccc2c(c1)OCCO2. The minimum absolute atomic E-state index is 0.106. The summed E-state index contributed by atoms with van der Waals surface area (Å²) in [4.78, 5) is 0. The molecule has 1 atom stereocenters. The average Bonchev–Trinajstić information content (AvgIpc) is 2.27. The van der Waals surface area contributed by atoms with E-state index in [1.165, 1.54) is 0 Å². The highest BCUT2D eigenvalue weighted by Crippen LogP contribution is 2.32. The van der Waals surface area contributed by atoms with Crippen molar-refractivity contribution in [2.75, 3.05) is 13.2 Å². The van der Waals surface area contributed by atoms with Crippen molar-refractivity contribution in [3.8, 4) is 17.6 Å². The maximum Gasteiger partial charge on any atom is 0.161 e. The van der Waals surface area contributed by atoms with Crippen LogP contribution in [-0.4, -0.2) is 13.2 Å². The minimum atomic E-state index is -0.106. The van der Waals surface area contributed by atoms with Gasteiger partial charge >= 0.3 is 0 Å². The van der Waals surface area contributed by atoms with Gasteiger partial charge in [0.2, 0.25) is 0 Å². The summed E-state index contributed by atoms with van der Waals surface area (Å²) in [5.41, 5.74) is 0.969. The van der Waals surface area contributed by atoms with Gasteiger partial charge in [0.25, 0.3) is 0 Å². The highest BCUT2D eigenvalue weighted by Gasteiger charge is 2.13. The van der Waals surface area contributed by atoms with Gasteiger partial charge in [-0.3, -0.25) is 0 Å². The van der Waals surface area contributed by atoms with E-state index in [4.69, 9.17) is 14.7 Å². The summed E-state index contributed by atoms with van der Waals surface area (Å²) >= 11 is 0. The van der Waals surface area contributed by atoms with Crippen LogP contribution in [0.2, 0.25) is 0 Å². The second kappa shape index (κ2) is 3.59. The summed E-state index contributed by atoms with van der Waals surface area (Å²) in [5, 5.41) is 8.77. The molecule has 3 nitrogen and oxygen atoms in total. The Morgan fingerprint density at radius 2 is 2.00 bits per heavy atom. The van der Waals surface area contributed by atoms with Crippen LogP contribution in [0.1, 0.15) is 18.4 Å². The van der Waals surface area contributed by atoms with Crippen LogP contribution in [0.4, 0.5) is 0 Å². The number of hydrogen-bond donors (Lipinski definition) is 0. The van der Waals surface area contributed by atoms with Crippen molar-refractivity contribution in [2.45, 2.75) is 12.8 Å². The second-order valence-corrected chi connectivity index (χ2v) is 3.25. The maximum absolute atomic E-state index is 8.77. The highest BCUT2D eigenvalue weighted by molar-refractivity contribution is 5.45. The maximum atomic E-state index is 8.77. The number of fused-ring (bicyclic) bond motifs is 1. The third-order valence-corrected chi connectivity index (χ3v) is 2.26. The van der Waals surface area contributed by atoms with E-state index in [-0.39, 0.29) is 5.92 Å². The van der Waals surface area contributed by atoms with Gasteiger partial charge in [-0.25, -0.2) is 0 Å². The summed E-state index contributed by atoms with van der Waals surface area (Å²) in [6.45, 7) is 3.04. The zero-order valence-corrected chi connectivity index (χ0v) is 7.99. The fraction of sp³-hybridized carbons (Fsp3) is 0.364. The van der Waals surface area contributed by atoms with E-state index in [2.05, 4.69) is 6.07 Å². The fourth-order valence-electron chi connectivity index (χ4n) is 1.40. The molecule has 0 aliphatic carbocycles. The quantitative estimate of drug-likeness (QED) is 0.679. The number of hydrogen-bond acceptors (Lipinski definition) is 3. The Labute approximate surface area is 82.9 Å². The van der Waals surface area contributed by atoms with E-state index in [0.717, 1.165) is 17.1 Å². The lowest BCUT2D eigenvalue weighted by Crippen LogP contribution is -2.15. The van der Waals surface area contributed by atoms with Gasteiger partial charge in [-0.15, -0.1) is 0 Å². The molecule has 0 amide bonds. The van der Waals surface area contributed by atoms with Crippen molar-refractivity contribution in [3.05, 3.63) is 23.8 Å². The Kier molecular flexibility index (Phi) is 2.28. The fourth-order valence-corrected chi connectivity index (χ4v) is 1.40. The lowest BCUT2D eigenvalue weighted by Gasteiger charge is -2.19. The molecule has 3 heteroatoms. The lowest BCUT2D eigenvalue weighted by molar-refractivity contribution is 0.171. The Bertz CT molecular complexity index is 381. The number of nitrogens with zero attached hydrogens (tertiary/aromatic N) is 1. The van der Waals surface area contributed by atoms with E-state index >= 15 is 0 Å². The highest BCUT2D eigenvalue weighted by atomic mass is 16.6. The molecule has 0 spiro atoms. The van der Waals surface area contributed by atoms with Crippen molar-refractivity contribution in [3.63, 3.8) is 0 Å². The first-order valence-corrected chi connectivity index (χ1v) is 4.60. The first kappa shape index (κ1) is 8.89. The largest absolute Gasteiger partial charge is 0.486 e. The van der Waals surface area contributed by atoms with Crippen molar-refractivity contribution in [1.82, 2.24) is 0 Å². The van der Waals surface area contributed by atoms with Gasteiger partial charge in [0.15, 0.2) is 11.5 Å². The summed E-state index contributed by atoms with van der Waals surface area (Å²) in [5.74, 6) is 1.41. The Morgan fingerprint density at radius 1 is 1.29 bits per heavy atom. The smallest absolute Gasteiger partial charge is 0.161 e. The van der Waals surface area contributed by atoms with Crippen molar-refractivity contribution in [1.29, 1.82) is 5.26 Å². The van der Waals surface area contributed by atoms with Crippen molar-refractivity contribution in [2.24, 2.45) is 0 Å². The molecule has 0 saturated carbocycles. The topological polar surface area (TPSA) is 42.2 Å². The molecule has 1 heterocycles. The second-order valence-electron chi connectivity index (χ2n) is 3.25. The molecule has 1 aromatic rings. The van der Waals surface area contributed by atoms with Crippen LogP contribution >= 0.6 is 0 Å². The summed E-state index contributed by atoms with van der Waals surface area (Å²) < 4.78 is 10.8. The van der Waals surface area contributed by atoms with Gasteiger partial charge in [0, 0.05) is 0 Å². The van der Waals surface area contributed by atoms with Crippen LogP contribution in [0.3, 0.4) is 0 Å². The third-order valence-electron chi connectivity index (χ3n) is 2.26. The normalized spacial score (nSPS) is 15.7. The predicted octanol–water partition coefficient (Wildman–Crippen LogP) is 2.08. The molecule has 0 saturated heterocycles. The van der Waals surface area contributed by atoms with Gasteiger partial charge in [-0.2, -0.15) is 5.26 Å². The Balaban J connectivity index is 2.34. The summed E-state index contributed by atoms with van der Waals surface area (Å²) in [6.07, 6.45) is 0. The Morgan fingerprint density at radius 3 is 2.71 bits per heavy atom. The summed E-state index contributed by atoms with van der Waals surface area (Å²) in [6, 6.07) is 7.83. The molecule has 1 aliphatic heterocycles. The number of benzene rings is 1. The molecule has 0 radical (unpaired) electrons. The molecular formula is C11H11NO2. The molecule has 0 fully saturated rings. The van der Waals surface area contributed by atoms with Crippen LogP contribution in [0.15, 0.2) is 18.2 Å². The lowest BCUT2D eigenvalue weighted by atomic mass is 10.0. The molecule has 72 valence electrons. The van der Waals surface area contributed by atoms with Crippen molar-refractivity contribution >= 4 is 0 Å². The molecule has 1 aliphatic rings. The van der Waals surface area contributed by atoms with E-state index < -0.39 is 0 Å². The van der Waals surface area contributed by atoms with Gasteiger partial charge in [0.05, 0.1) is 12.0 Å². The minimum Gasteiger partial charge on any atom is -0.486 e. The standard InChI is InChI=1S/C11H11NO2/c1-8(7-12)9-2-3-10-11(6-9)14-5-4-13-10/h2-3,6,8H,4-5H2,1H3. The monoisotopic (exact) mass is 189 g/mol. The van der Waals surface area contributed by atoms with Gasteiger partial charge < -0.3 is 9.47 Å². The van der Waals surface area contributed by atoms with E-state index in [0.29, 0.717) is 13.2 Å². The van der Waals surface area contributed by atoms with Crippen molar-refractivity contribution < 1.29 is 9.47 Å². The molecule has 2 rings (SSSR count). The molecule has 0 N–H and O–H groups in total. The summed E-state index contributed by atoms with van der Waals surface area (Å²) in [7, 11) is 0. The van der Waals surface area contributed by atoms with Crippen LogP contribution in [0.5, 0.6) is 11.5 Å². The van der Waals surface area contributed by atoms with Crippen LogP contribution < -0.4 is 9.47 Å². The van der Waals surface area contributed by atoms with E-state index in [9.17, 15) is 0 Å². The third kappa shape index (κ3) is 1.51. The zero-order valence-electron chi connectivity index (χ0n) is 7.99. The van der Waals surface area contributed by atoms with Crippen LogP contribution in [-0.2, 0) is 0 Å². The van der Waals surface area contributed by atoms with Crippen LogP contribution in [0.25, 0.3) is 0 Å². The Hall–Kier alpha value is -1.69. The van der Waals surface area contributed by atoms with E-state index in [1.807, 2.05) is 25.1 Å². The van der Waals surface area contributed by atoms with E-state index in [1.54, 1.807) is 0 Å². The molecule has 0 aromatic heterocycles. The number of ether oxygens (including phenoxy) is 2. The van der Waals surface area contributed by atoms with Gasteiger partial charge in [-0.1, -0.05) is 6.07 Å². The average molecular weight is 189 g/mol.